The molecule has 0 spiro atoms. The number of nitrogens with zero attached hydrogens (tertiary/aromatic N) is 1. The van der Waals surface area contributed by atoms with E-state index >= 15 is 0 Å². The number of thioether (sulfide) groups is 1. The molecule has 3 amide bonds. The first-order valence-corrected chi connectivity index (χ1v) is 10.1. The Kier molecular flexibility index (Phi) is 8.13. The molecule has 8 heteroatoms. The van der Waals surface area contributed by atoms with Gasteiger partial charge in [0.1, 0.15) is 0 Å². The summed E-state index contributed by atoms with van der Waals surface area (Å²) in [5.74, 6) is 1.09. The Bertz CT molecular complexity index is 661. The van der Waals surface area contributed by atoms with Crippen molar-refractivity contribution in [2.24, 2.45) is 11.8 Å². The molecule has 27 heavy (non-hydrogen) atoms. The van der Waals surface area contributed by atoms with Crippen molar-refractivity contribution >= 4 is 46.9 Å². The number of halogens is 1. The number of amides is 3. The Morgan fingerprint density at radius 2 is 1.93 bits per heavy atom. The highest BCUT2D eigenvalue weighted by Crippen LogP contribution is 2.25. The summed E-state index contributed by atoms with van der Waals surface area (Å²) in [5, 5.41) is 6.10. The predicted octanol–water partition coefficient (Wildman–Crippen LogP) is 3.27. The first kappa shape index (κ1) is 21.7. The average molecular weight is 412 g/mol. The number of benzene rings is 1. The number of carbonyl (C=O) groups excluding carboxylic acids is 3. The number of hydrogen-bond donors (Lipinski definition) is 2. The number of nitrogens with one attached hydrogen (secondary N) is 2. The average Bonchev–Trinajstić information content (AvgIpc) is 2.96. The normalized spacial score (nSPS) is 18.9. The molecule has 0 aromatic heterocycles. The molecular formula is C19H26ClN3O3S. The van der Waals surface area contributed by atoms with Crippen LogP contribution in [-0.2, 0) is 16.1 Å². The Balaban J connectivity index is 0.00000261. The van der Waals surface area contributed by atoms with Gasteiger partial charge in [-0.2, -0.15) is 0 Å². The third-order valence-corrected chi connectivity index (χ3v) is 5.97. The van der Waals surface area contributed by atoms with Crippen molar-refractivity contribution in [2.75, 3.05) is 24.2 Å². The minimum absolute atomic E-state index is 0. The van der Waals surface area contributed by atoms with Crippen LogP contribution in [0.3, 0.4) is 0 Å². The summed E-state index contributed by atoms with van der Waals surface area (Å²) in [6, 6.07) is 7.33. The lowest BCUT2D eigenvalue weighted by Crippen LogP contribution is -2.32. The van der Waals surface area contributed by atoms with Crippen molar-refractivity contribution in [2.45, 2.75) is 32.7 Å². The fourth-order valence-electron chi connectivity index (χ4n) is 3.49. The number of anilines is 1. The number of carbonyl (C=O) groups is 3. The van der Waals surface area contributed by atoms with E-state index in [1.807, 2.05) is 24.3 Å². The molecule has 2 aliphatic heterocycles. The summed E-state index contributed by atoms with van der Waals surface area (Å²) in [5.41, 5.74) is 1.61. The van der Waals surface area contributed by atoms with E-state index < -0.39 is 0 Å². The minimum Gasteiger partial charge on any atom is -0.326 e. The highest BCUT2D eigenvalue weighted by Gasteiger charge is 2.29. The SMILES string of the molecule is CC(CC(=O)Nc1ccc(CN2C(=O)CSC2=O)cc1)C1CCNCC1.Cl. The van der Waals surface area contributed by atoms with E-state index in [2.05, 4.69) is 17.6 Å². The van der Waals surface area contributed by atoms with Gasteiger partial charge in [0.15, 0.2) is 0 Å². The minimum atomic E-state index is -0.195. The van der Waals surface area contributed by atoms with Gasteiger partial charge in [0.05, 0.1) is 12.3 Å². The Morgan fingerprint density at radius 3 is 2.52 bits per heavy atom. The molecule has 1 aromatic rings. The highest BCUT2D eigenvalue weighted by molar-refractivity contribution is 8.14. The molecule has 1 unspecified atom stereocenters. The van der Waals surface area contributed by atoms with Crippen LogP contribution in [-0.4, -0.2) is 40.8 Å². The number of hydrogen-bond acceptors (Lipinski definition) is 5. The Morgan fingerprint density at radius 1 is 1.26 bits per heavy atom. The van der Waals surface area contributed by atoms with E-state index in [0.717, 1.165) is 48.9 Å². The van der Waals surface area contributed by atoms with Gasteiger partial charge >= 0.3 is 0 Å². The Labute approximate surface area is 170 Å². The third-order valence-electron chi connectivity index (χ3n) is 5.11. The summed E-state index contributed by atoms with van der Waals surface area (Å²) >= 11 is 1.04. The standard InChI is InChI=1S/C19H25N3O3S.ClH/c1-13(15-6-8-20-9-7-15)10-17(23)21-16-4-2-14(3-5-16)11-22-18(24)12-26-19(22)25;/h2-5,13,15,20H,6-12H2,1H3,(H,21,23);1H. The van der Waals surface area contributed by atoms with E-state index in [4.69, 9.17) is 0 Å². The second-order valence-corrected chi connectivity index (χ2v) is 7.97. The van der Waals surface area contributed by atoms with E-state index in [1.165, 1.54) is 4.90 Å². The second-order valence-electron chi connectivity index (χ2n) is 7.05. The van der Waals surface area contributed by atoms with Crippen molar-refractivity contribution in [3.05, 3.63) is 29.8 Å². The van der Waals surface area contributed by atoms with Gasteiger partial charge in [-0.3, -0.25) is 19.3 Å². The molecule has 0 saturated carbocycles. The maximum atomic E-state index is 12.3. The predicted molar refractivity (Wildman–Crippen MR) is 110 cm³/mol. The van der Waals surface area contributed by atoms with Gasteiger partial charge in [-0.25, -0.2) is 0 Å². The van der Waals surface area contributed by atoms with Crippen LogP contribution in [0.4, 0.5) is 10.5 Å². The summed E-state index contributed by atoms with van der Waals surface area (Å²) in [6.45, 7) is 4.52. The molecule has 0 aliphatic carbocycles. The Hall–Kier alpha value is -1.57. The van der Waals surface area contributed by atoms with E-state index in [-0.39, 0.29) is 41.8 Å². The van der Waals surface area contributed by atoms with Crippen molar-refractivity contribution < 1.29 is 14.4 Å². The van der Waals surface area contributed by atoms with Crippen LogP contribution < -0.4 is 10.6 Å². The molecule has 148 valence electrons. The number of imide groups is 1. The monoisotopic (exact) mass is 411 g/mol. The molecule has 2 heterocycles. The van der Waals surface area contributed by atoms with Crippen LogP contribution in [0.25, 0.3) is 0 Å². The first-order chi connectivity index (χ1) is 12.5. The van der Waals surface area contributed by atoms with Gasteiger partial charge in [-0.1, -0.05) is 30.8 Å². The molecule has 2 N–H and O–H groups in total. The summed E-state index contributed by atoms with van der Waals surface area (Å²) in [4.78, 5) is 36.9. The number of rotatable bonds is 6. The largest absolute Gasteiger partial charge is 0.326 e. The van der Waals surface area contributed by atoms with Gasteiger partial charge < -0.3 is 10.6 Å². The fourth-order valence-corrected chi connectivity index (χ4v) is 4.22. The van der Waals surface area contributed by atoms with Crippen molar-refractivity contribution in [1.82, 2.24) is 10.2 Å². The van der Waals surface area contributed by atoms with Crippen molar-refractivity contribution in [3.8, 4) is 0 Å². The van der Waals surface area contributed by atoms with Crippen LogP contribution in [0, 0.1) is 11.8 Å². The maximum absolute atomic E-state index is 12.3. The molecule has 3 rings (SSSR count). The molecule has 1 atom stereocenters. The van der Waals surface area contributed by atoms with E-state index in [1.54, 1.807) is 0 Å². The topological polar surface area (TPSA) is 78.5 Å². The summed E-state index contributed by atoms with van der Waals surface area (Å²) in [7, 11) is 0. The smallest absolute Gasteiger partial charge is 0.289 e. The molecule has 2 saturated heterocycles. The van der Waals surface area contributed by atoms with Crippen LogP contribution in [0.15, 0.2) is 24.3 Å². The van der Waals surface area contributed by atoms with Gasteiger partial charge in [0.25, 0.3) is 5.24 Å². The molecule has 0 radical (unpaired) electrons. The molecule has 6 nitrogen and oxygen atoms in total. The summed E-state index contributed by atoms with van der Waals surface area (Å²) in [6.07, 6.45) is 2.80. The first-order valence-electron chi connectivity index (χ1n) is 9.09. The van der Waals surface area contributed by atoms with E-state index in [0.29, 0.717) is 18.3 Å². The second kappa shape index (κ2) is 10.1. The van der Waals surface area contributed by atoms with Crippen molar-refractivity contribution in [1.29, 1.82) is 0 Å². The lowest BCUT2D eigenvalue weighted by molar-refractivity contribution is -0.125. The molecule has 0 bridgehead atoms. The highest BCUT2D eigenvalue weighted by atomic mass is 35.5. The quantitative estimate of drug-likeness (QED) is 0.751. The summed E-state index contributed by atoms with van der Waals surface area (Å²) < 4.78 is 0. The fraction of sp³-hybridized carbons (Fsp3) is 0.526. The molecular weight excluding hydrogens is 386 g/mol. The lowest BCUT2D eigenvalue weighted by atomic mass is 9.84. The van der Waals surface area contributed by atoms with Crippen LogP contribution in [0.1, 0.15) is 31.7 Å². The van der Waals surface area contributed by atoms with Gasteiger partial charge in [0.2, 0.25) is 11.8 Å². The van der Waals surface area contributed by atoms with E-state index in [9.17, 15) is 14.4 Å². The third kappa shape index (κ3) is 5.96. The lowest BCUT2D eigenvalue weighted by Gasteiger charge is -2.27. The zero-order valence-corrected chi connectivity index (χ0v) is 17.0. The number of piperidine rings is 1. The van der Waals surface area contributed by atoms with Gasteiger partial charge in [-0.15, -0.1) is 12.4 Å². The van der Waals surface area contributed by atoms with Crippen LogP contribution in [0.2, 0.25) is 0 Å². The van der Waals surface area contributed by atoms with Gasteiger partial charge in [0, 0.05) is 12.1 Å². The zero-order valence-electron chi connectivity index (χ0n) is 15.4. The zero-order chi connectivity index (χ0) is 18.5. The van der Waals surface area contributed by atoms with Crippen LogP contribution >= 0.6 is 24.2 Å². The van der Waals surface area contributed by atoms with Gasteiger partial charge in [-0.05, 0) is 55.5 Å². The molecule has 2 aliphatic rings. The maximum Gasteiger partial charge on any atom is 0.289 e. The molecule has 1 aromatic carbocycles. The van der Waals surface area contributed by atoms with Crippen LogP contribution in [0.5, 0.6) is 0 Å². The van der Waals surface area contributed by atoms with Crippen molar-refractivity contribution in [3.63, 3.8) is 0 Å². The molecule has 2 fully saturated rings.